The summed E-state index contributed by atoms with van der Waals surface area (Å²) < 4.78 is 5.44. The minimum absolute atomic E-state index is 0.0855. The van der Waals surface area contributed by atoms with Gasteiger partial charge in [-0.2, -0.15) is 0 Å². The molecule has 2 aliphatic rings. The Morgan fingerprint density at radius 2 is 2.14 bits per heavy atom. The maximum atomic E-state index is 12.7. The zero-order chi connectivity index (χ0) is 14.5. The number of carbonyl (C=O) groups excluding carboxylic acids is 1. The molecule has 116 valence electrons. The predicted octanol–water partition coefficient (Wildman–Crippen LogP) is 1.86. The third-order valence-corrected chi connectivity index (χ3v) is 4.99. The molecular weight excluding hydrogens is 286 g/mol. The lowest BCUT2D eigenvalue weighted by Crippen LogP contribution is -2.46. The molecule has 1 amide bonds. The lowest BCUT2D eigenvalue weighted by Gasteiger charge is -2.35. The normalized spacial score (nSPS) is 20.8. The van der Waals surface area contributed by atoms with E-state index in [4.69, 9.17) is 4.74 Å². The highest BCUT2D eigenvalue weighted by Crippen LogP contribution is 2.18. The second-order valence-corrected chi connectivity index (χ2v) is 6.48. The van der Waals surface area contributed by atoms with Crippen LogP contribution >= 0.6 is 11.3 Å². The highest BCUT2D eigenvalue weighted by Gasteiger charge is 2.28. The third kappa shape index (κ3) is 3.81. The van der Waals surface area contributed by atoms with Gasteiger partial charge in [0.05, 0.1) is 5.51 Å². The van der Waals surface area contributed by atoms with Crippen molar-refractivity contribution in [3.05, 3.63) is 16.6 Å². The van der Waals surface area contributed by atoms with Gasteiger partial charge in [-0.3, -0.25) is 4.79 Å². The van der Waals surface area contributed by atoms with Crippen LogP contribution in [0.4, 0.5) is 0 Å². The number of aromatic nitrogens is 1. The standard InChI is InChI=1S/C15H23N3O2S/c19-15(14-11-21-12-16-14)18(13-3-9-20-10-4-13)8-7-17-5-1-2-6-17/h11-13H,1-10H2. The fourth-order valence-corrected chi connectivity index (χ4v) is 3.69. The maximum absolute atomic E-state index is 12.7. The number of amides is 1. The first-order valence-electron chi connectivity index (χ1n) is 7.84. The SMILES string of the molecule is O=C(c1cscn1)N(CCN1CCCC1)C1CCOCC1. The molecule has 21 heavy (non-hydrogen) atoms. The molecule has 6 heteroatoms. The van der Waals surface area contributed by atoms with E-state index in [0.717, 1.165) is 39.1 Å². The van der Waals surface area contributed by atoms with Crippen LogP contribution in [0, 0.1) is 0 Å². The van der Waals surface area contributed by atoms with Crippen molar-refractivity contribution in [1.82, 2.24) is 14.8 Å². The smallest absolute Gasteiger partial charge is 0.273 e. The predicted molar refractivity (Wildman–Crippen MR) is 82.7 cm³/mol. The summed E-state index contributed by atoms with van der Waals surface area (Å²) in [5.41, 5.74) is 2.32. The summed E-state index contributed by atoms with van der Waals surface area (Å²) in [6.07, 6.45) is 4.46. The minimum Gasteiger partial charge on any atom is -0.381 e. The van der Waals surface area contributed by atoms with Crippen LogP contribution in [-0.2, 0) is 4.74 Å². The van der Waals surface area contributed by atoms with Crippen LogP contribution in [0.25, 0.3) is 0 Å². The van der Waals surface area contributed by atoms with Crippen LogP contribution in [-0.4, -0.2) is 66.1 Å². The van der Waals surface area contributed by atoms with E-state index in [1.54, 1.807) is 5.51 Å². The molecule has 0 N–H and O–H groups in total. The molecule has 2 fully saturated rings. The Labute approximate surface area is 129 Å². The molecule has 3 heterocycles. The number of carbonyl (C=O) groups is 1. The van der Waals surface area contributed by atoms with Gasteiger partial charge in [0.1, 0.15) is 5.69 Å². The Bertz CT molecular complexity index is 440. The first kappa shape index (κ1) is 14.9. The van der Waals surface area contributed by atoms with Gasteiger partial charge >= 0.3 is 0 Å². The molecule has 0 spiro atoms. The fourth-order valence-electron chi connectivity index (χ4n) is 3.17. The van der Waals surface area contributed by atoms with Crippen LogP contribution < -0.4 is 0 Å². The van der Waals surface area contributed by atoms with Gasteiger partial charge in [0, 0.05) is 37.7 Å². The van der Waals surface area contributed by atoms with Gasteiger partial charge in [-0.25, -0.2) is 4.98 Å². The molecule has 0 radical (unpaired) electrons. The number of likely N-dealkylation sites (tertiary alicyclic amines) is 1. The van der Waals surface area contributed by atoms with Crippen molar-refractivity contribution < 1.29 is 9.53 Å². The molecule has 0 atom stereocenters. The summed E-state index contributed by atoms with van der Waals surface area (Å²) >= 11 is 1.48. The molecule has 3 rings (SSSR count). The molecule has 1 aromatic rings. The Morgan fingerprint density at radius 3 is 2.81 bits per heavy atom. The van der Waals surface area contributed by atoms with Gasteiger partial charge in [-0.15, -0.1) is 11.3 Å². The van der Waals surface area contributed by atoms with Crippen molar-refractivity contribution in [3.63, 3.8) is 0 Å². The summed E-state index contributed by atoms with van der Waals surface area (Å²) in [6, 6.07) is 0.301. The largest absolute Gasteiger partial charge is 0.381 e. The van der Waals surface area contributed by atoms with Crippen LogP contribution in [0.5, 0.6) is 0 Å². The summed E-state index contributed by atoms with van der Waals surface area (Å²) in [7, 11) is 0. The van der Waals surface area contributed by atoms with E-state index in [0.29, 0.717) is 11.7 Å². The van der Waals surface area contributed by atoms with Crippen molar-refractivity contribution in [2.75, 3.05) is 39.4 Å². The van der Waals surface area contributed by atoms with Gasteiger partial charge < -0.3 is 14.5 Å². The average Bonchev–Trinajstić information content (AvgIpc) is 3.22. The van der Waals surface area contributed by atoms with E-state index < -0.39 is 0 Å². The van der Waals surface area contributed by atoms with Gasteiger partial charge in [0.15, 0.2) is 0 Å². The molecule has 0 aromatic carbocycles. The number of thiazole rings is 1. The van der Waals surface area contributed by atoms with Gasteiger partial charge in [0.25, 0.3) is 5.91 Å². The number of nitrogens with zero attached hydrogens (tertiary/aromatic N) is 3. The molecule has 0 unspecified atom stereocenters. The molecule has 2 saturated heterocycles. The van der Waals surface area contributed by atoms with E-state index >= 15 is 0 Å². The first-order chi connectivity index (χ1) is 10.3. The number of hydrogen-bond donors (Lipinski definition) is 0. The topological polar surface area (TPSA) is 45.7 Å². The van der Waals surface area contributed by atoms with Crippen LogP contribution in [0.1, 0.15) is 36.2 Å². The maximum Gasteiger partial charge on any atom is 0.273 e. The van der Waals surface area contributed by atoms with Crippen molar-refractivity contribution in [2.45, 2.75) is 31.7 Å². The molecule has 1 aromatic heterocycles. The quantitative estimate of drug-likeness (QED) is 0.833. The fraction of sp³-hybridized carbons (Fsp3) is 0.733. The molecule has 5 nitrogen and oxygen atoms in total. The summed E-state index contributed by atoms with van der Waals surface area (Å²) in [4.78, 5) is 21.4. The second-order valence-electron chi connectivity index (χ2n) is 5.76. The van der Waals surface area contributed by atoms with E-state index in [1.165, 1.54) is 37.3 Å². The Morgan fingerprint density at radius 1 is 1.38 bits per heavy atom. The molecule has 0 saturated carbocycles. The van der Waals surface area contributed by atoms with Crippen molar-refractivity contribution in [3.8, 4) is 0 Å². The van der Waals surface area contributed by atoms with Crippen molar-refractivity contribution >= 4 is 17.2 Å². The molecule has 2 aliphatic heterocycles. The molecular formula is C15H23N3O2S. The number of hydrogen-bond acceptors (Lipinski definition) is 5. The van der Waals surface area contributed by atoms with E-state index in [1.807, 2.05) is 10.3 Å². The van der Waals surface area contributed by atoms with Crippen LogP contribution in [0.15, 0.2) is 10.9 Å². The zero-order valence-corrected chi connectivity index (χ0v) is 13.2. The van der Waals surface area contributed by atoms with Gasteiger partial charge in [-0.1, -0.05) is 0 Å². The monoisotopic (exact) mass is 309 g/mol. The second kappa shape index (κ2) is 7.33. The highest BCUT2D eigenvalue weighted by atomic mass is 32.1. The van der Waals surface area contributed by atoms with Crippen LogP contribution in [0.2, 0.25) is 0 Å². The van der Waals surface area contributed by atoms with Crippen molar-refractivity contribution in [2.24, 2.45) is 0 Å². The van der Waals surface area contributed by atoms with Crippen molar-refractivity contribution in [1.29, 1.82) is 0 Å². The Balaban J connectivity index is 1.65. The lowest BCUT2D eigenvalue weighted by atomic mass is 10.1. The summed E-state index contributed by atoms with van der Waals surface area (Å²) in [5.74, 6) is 0.0855. The van der Waals surface area contributed by atoms with E-state index in [9.17, 15) is 4.79 Å². The summed E-state index contributed by atoms with van der Waals surface area (Å²) in [5, 5.41) is 1.85. The molecule has 0 aliphatic carbocycles. The van der Waals surface area contributed by atoms with E-state index in [-0.39, 0.29) is 5.91 Å². The minimum atomic E-state index is 0.0855. The summed E-state index contributed by atoms with van der Waals surface area (Å²) in [6.45, 7) is 5.65. The average molecular weight is 309 g/mol. The van der Waals surface area contributed by atoms with Crippen LogP contribution in [0.3, 0.4) is 0 Å². The van der Waals surface area contributed by atoms with Gasteiger partial charge in [0.2, 0.25) is 0 Å². The van der Waals surface area contributed by atoms with Gasteiger partial charge in [-0.05, 0) is 38.8 Å². The molecule has 0 bridgehead atoms. The lowest BCUT2D eigenvalue weighted by molar-refractivity contribution is 0.0267. The number of rotatable bonds is 5. The Hall–Kier alpha value is -0.980. The Kier molecular flexibility index (Phi) is 5.22. The highest BCUT2D eigenvalue weighted by molar-refractivity contribution is 7.07. The third-order valence-electron chi connectivity index (χ3n) is 4.40. The first-order valence-corrected chi connectivity index (χ1v) is 8.78. The van der Waals surface area contributed by atoms with E-state index in [2.05, 4.69) is 9.88 Å². The number of ether oxygens (including phenoxy) is 1. The zero-order valence-electron chi connectivity index (χ0n) is 12.4.